The summed E-state index contributed by atoms with van der Waals surface area (Å²) in [5.41, 5.74) is 2.11. The van der Waals surface area contributed by atoms with Crippen LogP contribution in [0.3, 0.4) is 0 Å². The minimum Gasteiger partial charge on any atom is -0.348 e. The molecule has 2 aromatic rings. The first-order valence-electron chi connectivity index (χ1n) is 10.1. The summed E-state index contributed by atoms with van der Waals surface area (Å²) in [7, 11) is 0. The van der Waals surface area contributed by atoms with E-state index in [0.717, 1.165) is 5.56 Å². The van der Waals surface area contributed by atoms with E-state index >= 15 is 0 Å². The topological polar surface area (TPSA) is 87.3 Å². The third-order valence-electron chi connectivity index (χ3n) is 4.32. The van der Waals surface area contributed by atoms with Crippen LogP contribution < -0.4 is 16.0 Å². The molecule has 0 bridgehead atoms. The molecule has 0 fully saturated rings. The van der Waals surface area contributed by atoms with Gasteiger partial charge in [-0.05, 0) is 41.8 Å². The van der Waals surface area contributed by atoms with Gasteiger partial charge in [0.25, 0.3) is 5.91 Å². The Hall–Kier alpha value is -3.15. The zero-order chi connectivity index (χ0) is 22.3. The van der Waals surface area contributed by atoms with Gasteiger partial charge in [0.15, 0.2) is 0 Å². The molecule has 6 nitrogen and oxygen atoms in total. The Bertz CT molecular complexity index is 914. The molecule has 3 amide bonds. The van der Waals surface area contributed by atoms with Crippen molar-refractivity contribution in [2.45, 2.75) is 47.6 Å². The van der Waals surface area contributed by atoms with Crippen molar-refractivity contribution in [1.29, 1.82) is 0 Å². The molecule has 0 aliphatic heterocycles. The predicted octanol–water partition coefficient (Wildman–Crippen LogP) is 4.59. The number of carbonyl (C=O) groups is 3. The summed E-state index contributed by atoms with van der Waals surface area (Å²) >= 11 is 0. The van der Waals surface area contributed by atoms with Crippen molar-refractivity contribution < 1.29 is 14.4 Å². The van der Waals surface area contributed by atoms with E-state index in [0.29, 0.717) is 29.9 Å². The lowest BCUT2D eigenvalue weighted by Gasteiger charge is -2.18. The van der Waals surface area contributed by atoms with Gasteiger partial charge in [0.05, 0.1) is 0 Å². The van der Waals surface area contributed by atoms with Crippen molar-refractivity contribution in [2.75, 3.05) is 10.6 Å². The van der Waals surface area contributed by atoms with E-state index < -0.39 is 5.41 Å². The summed E-state index contributed by atoms with van der Waals surface area (Å²) in [6.07, 6.45) is 0.461. The minimum atomic E-state index is -0.520. The Balaban J connectivity index is 1.97. The molecule has 0 saturated carbocycles. The van der Waals surface area contributed by atoms with Gasteiger partial charge in [0, 0.05) is 35.3 Å². The highest BCUT2D eigenvalue weighted by Crippen LogP contribution is 2.18. The summed E-state index contributed by atoms with van der Waals surface area (Å²) < 4.78 is 0. The van der Waals surface area contributed by atoms with Crippen molar-refractivity contribution in [2.24, 2.45) is 11.3 Å². The molecule has 0 aliphatic rings. The van der Waals surface area contributed by atoms with Gasteiger partial charge in [-0.2, -0.15) is 0 Å². The predicted molar refractivity (Wildman–Crippen MR) is 120 cm³/mol. The summed E-state index contributed by atoms with van der Waals surface area (Å²) in [5, 5.41) is 8.58. The van der Waals surface area contributed by atoms with Crippen LogP contribution in [0, 0.1) is 11.3 Å². The molecule has 0 saturated heterocycles. The summed E-state index contributed by atoms with van der Waals surface area (Å²) in [5.74, 6) is -0.0933. The van der Waals surface area contributed by atoms with Gasteiger partial charge in [-0.15, -0.1) is 0 Å². The molecule has 0 aliphatic carbocycles. The van der Waals surface area contributed by atoms with Gasteiger partial charge in [-0.1, -0.05) is 52.8 Å². The highest BCUT2D eigenvalue weighted by Gasteiger charge is 2.21. The number of carbonyl (C=O) groups excluding carboxylic acids is 3. The molecule has 0 heterocycles. The molecule has 0 radical (unpaired) electrons. The van der Waals surface area contributed by atoms with Crippen LogP contribution >= 0.6 is 0 Å². The van der Waals surface area contributed by atoms with Crippen molar-refractivity contribution in [3.63, 3.8) is 0 Å². The molecule has 160 valence electrons. The average Bonchev–Trinajstić information content (AvgIpc) is 2.65. The van der Waals surface area contributed by atoms with E-state index in [2.05, 4.69) is 16.0 Å². The minimum absolute atomic E-state index is 0.0275. The molecule has 6 heteroatoms. The SMILES string of the molecule is CC(C)CC(=O)Nc1cccc(CNC(=O)c2cccc(NC(=O)C(C)(C)C)c2)c1. The maximum absolute atomic E-state index is 12.5. The molecule has 30 heavy (non-hydrogen) atoms. The van der Waals surface area contributed by atoms with E-state index in [9.17, 15) is 14.4 Å². The normalized spacial score (nSPS) is 11.1. The summed E-state index contributed by atoms with van der Waals surface area (Å²) in [6.45, 7) is 9.81. The lowest BCUT2D eigenvalue weighted by Crippen LogP contribution is -2.28. The molecule has 0 aromatic heterocycles. The fourth-order valence-electron chi connectivity index (χ4n) is 2.68. The van der Waals surface area contributed by atoms with Crippen LogP contribution in [0.2, 0.25) is 0 Å². The maximum Gasteiger partial charge on any atom is 0.251 e. The van der Waals surface area contributed by atoms with E-state index in [-0.39, 0.29) is 23.6 Å². The fraction of sp³-hybridized carbons (Fsp3) is 0.375. The van der Waals surface area contributed by atoms with Gasteiger partial charge in [-0.25, -0.2) is 0 Å². The molecule has 2 aromatic carbocycles. The van der Waals surface area contributed by atoms with Crippen LogP contribution in [0.25, 0.3) is 0 Å². The second kappa shape index (κ2) is 10.1. The van der Waals surface area contributed by atoms with E-state index in [1.54, 1.807) is 24.3 Å². The zero-order valence-corrected chi connectivity index (χ0v) is 18.3. The fourth-order valence-corrected chi connectivity index (χ4v) is 2.68. The van der Waals surface area contributed by atoms with Crippen LogP contribution in [0.15, 0.2) is 48.5 Å². The van der Waals surface area contributed by atoms with Crippen LogP contribution in [-0.2, 0) is 16.1 Å². The molecule has 3 N–H and O–H groups in total. The molecule has 0 spiro atoms. The van der Waals surface area contributed by atoms with Crippen LogP contribution in [0.1, 0.15) is 57.0 Å². The van der Waals surface area contributed by atoms with Gasteiger partial charge in [0.1, 0.15) is 0 Å². The number of hydrogen-bond acceptors (Lipinski definition) is 3. The number of benzene rings is 2. The van der Waals surface area contributed by atoms with Gasteiger partial charge in [0.2, 0.25) is 11.8 Å². The number of amides is 3. The number of hydrogen-bond donors (Lipinski definition) is 3. The smallest absolute Gasteiger partial charge is 0.251 e. The first kappa shape index (κ1) is 23.1. The Labute approximate surface area is 178 Å². The van der Waals surface area contributed by atoms with Crippen LogP contribution in [-0.4, -0.2) is 17.7 Å². The van der Waals surface area contributed by atoms with E-state index in [1.165, 1.54) is 0 Å². The molecular weight excluding hydrogens is 378 g/mol. The Morgan fingerprint density at radius 1 is 0.900 bits per heavy atom. The lowest BCUT2D eigenvalue weighted by molar-refractivity contribution is -0.123. The van der Waals surface area contributed by atoms with Crippen LogP contribution in [0.4, 0.5) is 11.4 Å². The van der Waals surface area contributed by atoms with Crippen molar-refractivity contribution in [3.05, 3.63) is 59.7 Å². The van der Waals surface area contributed by atoms with Gasteiger partial charge in [-0.3, -0.25) is 14.4 Å². The lowest BCUT2D eigenvalue weighted by atomic mass is 9.95. The Morgan fingerprint density at radius 2 is 1.53 bits per heavy atom. The summed E-state index contributed by atoms with van der Waals surface area (Å²) in [4.78, 5) is 36.6. The number of rotatable bonds is 7. The third-order valence-corrected chi connectivity index (χ3v) is 4.32. The Kier molecular flexibility index (Phi) is 7.75. The largest absolute Gasteiger partial charge is 0.348 e. The molecule has 2 rings (SSSR count). The van der Waals surface area contributed by atoms with Crippen molar-refractivity contribution in [1.82, 2.24) is 5.32 Å². The standard InChI is InChI=1S/C24H31N3O3/c1-16(2)12-21(28)26-19-10-6-8-17(13-19)15-25-22(29)18-9-7-11-20(14-18)27-23(30)24(3,4)5/h6-11,13-14,16H,12,15H2,1-5H3,(H,25,29)(H,26,28)(H,27,30). The first-order chi connectivity index (χ1) is 14.0. The van der Waals surface area contributed by atoms with Gasteiger partial charge >= 0.3 is 0 Å². The monoisotopic (exact) mass is 409 g/mol. The highest BCUT2D eigenvalue weighted by atomic mass is 16.2. The van der Waals surface area contributed by atoms with E-state index in [1.807, 2.05) is 58.9 Å². The maximum atomic E-state index is 12.5. The number of nitrogens with one attached hydrogen (secondary N) is 3. The van der Waals surface area contributed by atoms with Crippen molar-refractivity contribution >= 4 is 29.1 Å². The van der Waals surface area contributed by atoms with Gasteiger partial charge < -0.3 is 16.0 Å². The second-order valence-corrected chi connectivity index (χ2v) is 8.81. The Morgan fingerprint density at radius 3 is 2.17 bits per heavy atom. The highest BCUT2D eigenvalue weighted by molar-refractivity contribution is 5.98. The van der Waals surface area contributed by atoms with Crippen LogP contribution in [0.5, 0.6) is 0 Å². The second-order valence-electron chi connectivity index (χ2n) is 8.81. The quantitative estimate of drug-likeness (QED) is 0.625. The number of anilines is 2. The zero-order valence-electron chi connectivity index (χ0n) is 18.3. The van der Waals surface area contributed by atoms with E-state index in [4.69, 9.17) is 0 Å². The summed E-state index contributed by atoms with van der Waals surface area (Å²) in [6, 6.07) is 14.2. The average molecular weight is 410 g/mol. The third kappa shape index (κ3) is 7.35. The van der Waals surface area contributed by atoms with Crippen molar-refractivity contribution in [3.8, 4) is 0 Å². The first-order valence-corrected chi connectivity index (χ1v) is 10.1. The molecular formula is C24H31N3O3. The molecule has 0 unspecified atom stereocenters. The molecule has 0 atom stereocenters.